The van der Waals surface area contributed by atoms with Crippen LogP contribution in [0, 0.1) is 0 Å². The lowest BCUT2D eigenvalue weighted by molar-refractivity contribution is 0.238. The minimum Gasteiger partial charge on any atom is -0.315 e. The van der Waals surface area contributed by atoms with Gasteiger partial charge >= 0.3 is 0 Å². The van der Waals surface area contributed by atoms with Crippen molar-refractivity contribution in [3.63, 3.8) is 0 Å². The fourth-order valence-corrected chi connectivity index (χ4v) is 2.18. The summed E-state index contributed by atoms with van der Waals surface area (Å²) < 4.78 is 2.01. The van der Waals surface area contributed by atoms with E-state index >= 15 is 0 Å². The zero-order valence-electron chi connectivity index (χ0n) is 10.2. The van der Waals surface area contributed by atoms with E-state index in [0.717, 1.165) is 38.4 Å². The van der Waals surface area contributed by atoms with Crippen LogP contribution in [0.3, 0.4) is 0 Å². The number of likely N-dealkylation sites (N-methyl/N-ethyl adjacent to an activating group) is 1. The lowest BCUT2D eigenvalue weighted by Crippen LogP contribution is -2.33. The molecule has 1 atom stereocenters. The Balaban J connectivity index is 1.94. The molecule has 0 aromatic carbocycles. The number of hydrogen-bond acceptors (Lipinski definition) is 4. The molecule has 1 aliphatic rings. The lowest BCUT2D eigenvalue weighted by atomic mass is 10.2. The van der Waals surface area contributed by atoms with Crippen LogP contribution in [0.2, 0.25) is 0 Å². The Morgan fingerprint density at radius 2 is 2.50 bits per heavy atom. The average molecular weight is 223 g/mol. The third-order valence-electron chi connectivity index (χ3n) is 3.18. The monoisotopic (exact) mass is 223 g/mol. The third kappa shape index (κ3) is 2.59. The van der Waals surface area contributed by atoms with Gasteiger partial charge < -0.3 is 5.32 Å². The summed E-state index contributed by atoms with van der Waals surface area (Å²) in [6.45, 7) is 6.25. The number of rotatable bonds is 5. The molecule has 1 aliphatic heterocycles. The number of aryl methyl sites for hydroxylation is 1. The molecule has 2 heterocycles. The molecule has 1 unspecified atom stereocenters. The van der Waals surface area contributed by atoms with Gasteiger partial charge in [-0.15, -0.1) is 0 Å². The zero-order chi connectivity index (χ0) is 11.4. The highest BCUT2D eigenvalue weighted by Gasteiger charge is 2.20. The minimum absolute atomic E-state index is 0.645. The summed E-state index contributed by atoms with van der Waals surface area (Å²) >= 11 is 0. The van der Waals surface area contributed by atoms with Crippen LogP contribution in [-0.2, 0) is 13.1 Å². The molecule has 0 spiro atoms. The SMILES string of the molecule is CCCn1ncnc1CN(C)C1CCNC1. The Kier molecular flexibility index (Phi) is 3.90. The molecule has 1 aromatic heterocycles. The van der Waals surface area contributed by atoms with Crippen LogP contribution in [0.25, 0.3) is 0 Å². The van der Waals surface area contributed by atoms with Crippen LogP contribution in [0.15, 0.2) is 6.33 Å². The fraction of sp³-hybridized carbons (Fsp3) is 0.818. The molecule has 0 radical (unpaired) electrons. The topological polar surface area (TPSA) is 46.0 Å². The van der Waals surface area contributed by atoms with Crippen molar-refractivity contribution in [3.05, 3.63) is 12.2 Å². The summed E-state index contributed by atoms with van der Waals surface area (Å²) in [5.41, 5.74) is 0. The summed E-state index contributed by atoms with van der Waals surface area (Å²) in [5, 5.41) is 7.64. The number of nitrogens with zero attached hydrogens (tertiary/aromatic N) is 4. The van der Waals surface area contributed by atoms with Gasteiger partial charge in [-0.25, -0.2) is 9.67 Å². The molecule has 1 aromatic rings. The van der Waals surface area contributed by atoms with Gasteiger partial charge in [-0.2, -0.15) is 5.10 Å². The molecule has 16 heavy (non-hydrogen) atoms. The Labute approximate surface area is 96.8 Å². The Morgan fingerprint density at radius 3 is 3.19 bits per heavy atom. The van der Waals surface area contributed by atoms with Crippen LogP contribution in [-0.4, -0.2) is 45.8 Å². The van der Waals surface area contributed by atoms with Crippen LogP contribution < -0.4 is 5.32 Å². The van der Waals surface area contributed by atoms with Gasteiger partial charge in [0.15, 0.2) is 0 Å². The van der Waals surface area contributed by atoms with Crippen molar-refractivity contribution < 1.29 is 0 Å². The molecule has 0 amide bonds. The maximum atomic E-state index is 4.34. The van der Waals surface area contributed by atoms with E-state index in [1.807, 2.05) is 4.68 Å². The summed E-state index contributed by atoms with van der Waals surface area (Å²) in [7, 11) is 2.17. The number of hydrogen-bond donors (Lipinski definition) is 1. The van der Waals surface area contributed by atoms with Gasteiger partial charge in [0.25, 0.3) is 0 Å². The highest BCUT2D eigenvalue weighted by atomic mass is 15.3. The van der Waals surface area contributed by atoms with E-state index in [2.05, 4.69) is 34.3 Å². The number of nitrogens with one attached hydrogen (secondary N) is 1. The first-order valence-electron chi connectivity index (χ1n) is 6.09. The first kappa shape index (κ1) is 11.5. The molecule has 1 saturated heterocycles. The zero-order valence-corrected chi connectivity index (χ0v) is 10.2. The second-order valence-corrected chi connectivity index (χ2v) is 4.46. The van der Waals surface area contributed by atoms with Crippen LogP contribution in [0.4, 0.5) is 0 Å². The molecule has 2 rings (SSSR count). The van der Waals surface area contributed by atoms with Crippen molar-refractivity contribution in [2.75, 3.05) is 20.1 Å². The maximum Gasteiger partial charge on any atom is 0.141 e. The van der Waals surface area contributed by atoms with E-state index in [4.69, 9.17) is 0 Å². The smallest absolute Gasteiger partial charge is 0.141 e. The summed E-state index contributed by atoms with van der Waals surface area (Å²) in [5.74, 6) is 1.08. The maximum absolute atomic E-state index is 4.34. The molecule has 1 N–H and O–H groups in total. The molecule has 5 nitrogen and oxygen atoms in total. The lowest BCUT2D eigenvalue weighted by Gasteiger charge is -2.22. The van der Waals surface area contributed by atoms with E-state index in [1.165, 1.54) is 6.42 Å². The van der Waals surface area contributed by atoms with Crippen molar-refractivity contribution in [2.45, 2.75) is 38.9 Å². The van der Waals surface area contributed by atoms with Crippen LogP contribution >= 0.6 is 0 Å². The Hall–Kier alpha value is -0.940. The van der Waals surface area contributed by atoms with Crippen LogP contribution in [0.1, 0.15) is 25.6 Å². The third-order valence-corrected chi connectivity index (χ3v) is 3.18. The van der Waals surface area contributed by atoms with Gasteiger partial charge in [-0.3, -0.25) is 4.90 Å². The fourth-order valence-electron chi connectivity index (χ4n) is 2.18. The minimum atomic E-state index is 0.645. The van der Waals surface area contributed by atoms with Gasteiger partial charge in [-0.05, 0) is 26.4 Å². The molecule has 0 bridgehead atoms. The summed E-state index contributed by atoms with van der Waals surface area (Å²) in [6.07, 6.45) is 4.00. The molecular weight excluding hydrogens is 202 g/mol. The molecular formula is C11H21N5. The standard InChI is InChI=1S/C11H21N5/c1-3-6-16-11(13-9-14-16)8-15(2)10-4-5-12-7-10/h9-10,12H,3-8H2,1-2H3. The second-order valence-electron chi connectivity index (χ2n) is 4.46. The van der Waals surface area contributed by atoms with Crippen LogP contribution in [0.5, 0.6) is 0 Å². The molecule has 0 aliphatic carbocycles. The number of aromatic nitrogens is 3. The predicted octanol–water partition coefficient (Wildman–Crippen LogP) is 0.482. The van der Waals surface area contributed by atoms with E-state index in [0.29, 0.717) is 6.04 Å². The van der Waals surface area contributed by atoms with Crippen molar-refractivity contribution in [1.29, 1.82) is 0 Å². The molecule has 90 valence electrons. The van der Waals surface area contributed by atoms with E-state index in [-0.39, 0.29) is 0 Å². The van der Waals surface area contributed by atoms with E-state index < -0.39 is 0 Å². The normalized spacial score (nSPS) is 20.8. The summed E-state index contributed by atoms with van der Waals surface area (Å²) in [4.78, 5) is 6.71. The van der Waals surface area contributed by atoms with Crippen molar-refractivity contribution in [3.8, 4) is 0 Å². The second kappa shape index (κ2) is 5.41. The van der Waals surface area contributed by atoms with Crippen molar-refractivity contribution >= 4 is 0 Å². The largest absolute Gasteiger partial charge is 0.315 e. The average Bonchev–Trinajstić information content (AvgIpc) is 2.90. The predicted molar refractivity (Wildman–Crippen MR) is 63.1 cm³/mol. The van der Waals surface area contributed by atoms with Gasteiger partial charge in [0.2, 0.25) is 0 Å². The highest BCUT2D eigenvalue weighted by molar-refractivity contribution is 4.87. The molecule has 1 fully saturated rings. The van der Waals surface area contributed by atoms with Gasteiger partial charge in [-0.1, -0.05) is 6.92 Å². The Morgan fingerprint density at radius 1 is 1.62 bits per heavy atom. The highest BCUT2D eigenvalue weighted by Crippen LogP contribution is 2.09. The van der Waals surface area contributed by atoms with Crippen molar-refractivity contribution in [2.24, 2.45) is 0 Å². The first-order valence-corrected chi connectivity index (χ1v) is 6.09. The Bertz CT molecular complexity index is 316. The molecule has 0 saturated carbocycles. The van der Waals surface area contributed by atoms with Gasteiger partial charge in [0, 0.05) is 19.1 Å². The van der Waals surface area contributed by atoms with E-state index in [1.54, 1.807) is 6.33 Å². The van der Waals surface area contributed by atoms with Gasteiger partial charge in [0.1, 0.15) is 12.2 Å². The summed E-state index contributed by atoms with van der Waals surface area (Å²) in [6, 6.07) is 0.645. The van der Waals surface area contributed by atoms with Crippen molar-refractivity contribution in [1.82, 2.24) is 25.0 Å². The van der Waals surface area contributed by atoms with E-state index in [9.17, 15) is 0 Å². The quantitative estimate of drug-likeness (QED) is 0.789. The first-order chi connectivity index (χ1) is 7.81. The van der Waals surface area contributed by atoms with Gasteiger partial charge in [0.05, 0.1) is 6.54 Å². The molecule has 5 heteroatoms.